The van der Waals surface area contributed by atoms with E-state index in [0.29, 0.717) is 12.1 Å². The van der Waals surface area contributed by atoms with E-state index in [1.807, 2.05) is 0 Å². The molecule has 0 saturated carbocycles. The topological polar surface area (TPSA) is 66.4 Å². The van der Waals surface area contributed by atoms with E-state index in [1.54, 1.807) is 0 Å². The summed E-state index contributed by atoms with van der Waals surface area (Å²) < 4.78 is 51.1. The van der Waals surface area contributed by atoms with E-state index in [2.05, 4.69) is 5.32 Å². The number of amides is 1. The van der Waals surface area contributed by atoms with Crippen LogP contribution in [-0.2, 0) is 15.8 Å². The fraction of sp³-hybridized carbons (Fsp3) is 0.333. The lowest BCUT2D eigenvalue weighted by Crippen LogP contribution is -2.36. The minimum absolute atomic E-state index is 0.164. The molecule has 1 fully saturated rings. The Labute approximate surface area is 110 Å². The molecule has 2 unspecified atom stereocenters. The fourth-order valence-corrected chi connectivity index (χ4v) is 2.18. The molecule has 108 valence electrons. The van der Waals surface area contributed by atoms with Gasteiger partial charge in [-0.25, -0.2) is 9.18 Å². The Bertz CT molecular complexity index is 570. The van der Waals surface area contributed by atoms with Gasteiger partial charge in [0.15, 0.2) is 0 Å². The number of alkyl halides is 3. The molecule has 0 aliphatic carbocycles. The van der Waals surface area contributed by atoms with Crippen LogP contribution in [0.4, 0.5) is 17.6 Å². The van der Waals surface area contributed by atoms with Crippen molar-refractivity contribution < 1.29 is 32.3 Å². The van der Waals surface area contributed by atoms with Crippen LogP contribution in [0.3, 0.4) is 0 Å². The highest BCUT2D eigenvalue weighted by Crippen LogP contribution is 2.35. The maximum Gasteiger partial charge on any atom is 0.416 e. The second-order valence-corrected chi connectivity index (χ2v) is 4.47. The van der Waals surface area contributed by atoms with E-state index in [-0.39, 0.29) is 12.0 Å². The van der Waals surface area contributed by atoms with Gasteiger partial charge in [0.1, 0.15) is 11.9 Å². The van der Waals surface area contributed by atoms with E-state index < -0.39 is 41.4 Å². The molecule has 1 heterocycles. The number of halogens is 4. The van der Waals surface area contributed by atoms with Gasteiger partial charge in [-0.15, -0.1) is 0 Å². The zero-order valence-electron chi connectivity index (χ0n) is 9.87. The molecule has 2 N–H and O–H groups in total. The normalized spacial score (nSPS) is 22.7. The van der Waals surface area contributed by atoms with Crippen molar-refractivity contribution in [3.63, 3.8) is 0 Å². The Morgan fingerprint density at radius 3 is 2.50 bits per heavy atom. The van der Waals surface area contributed by atoms with Gasteiger partial charge in [-0.05, 0) is 23.8 Å². The van der Waals surface area contributed by atoms with Gasteiger partial charge in [-0.2, -0.15) is 13.2 Å². The van der Waals surface area contributed by atoms with Crippen LogP contribution in [0.2, 0.25) is 0 Å². The van der Waals surface area contributed by atoms with Crippen LogP contribution < -0.4 is 5.32 Å². The number of carboxylic acids is 1. The number of carboxylic acid groups (broad SMARTS) is 1. The Balaban J connectivity index is 2.44. The standard InChI is InChI=1S/C12H9F4NO3/c13-7-2-5(1-6(3-7)12(14,15)16)8-4-9(18)17-10(8)11(19)20/h1-3,8,10H,4H2,(H,17,18)(H,19,20). The smallest absolute Gasteiger partial charge is 0.416 e. The summed E-state index contributed by atoms with van der Waals surface area (Å²) in [6.45, 7) is 0. The zero-order chi connectivity index (χ0) is 15.1. The SMILES string of the molecule is O=C1CC(c2cc(F)cc(C(F)(F)F)c2)C(C(=O)O)N1. The lowest BCUT2D eigenvalue weighted by molar-refractivity contribution is -0.140. The Hall–Kier alpha value is -2.12. The molecule has 8 heteroatoms. The van der Waals surface area contributed by atoms with Gasteiger partial charge in [0.25, 0.3) is 0 Å². The lowest BCUT2D eigenvalue weighted by atomic mass is 9.90. The monoisotopic (exact) mass is 291 g/mol. The molecule has 1 aliphatic rings. The summed E-state index contributed by atoms with van der Waals surface area (Å²) >= 11 is 0. The third-order valence-electron chi connectivity index (χ3n) is 3.07. The summed E-state index contributed by atoms with van der Waals surface area (Å²) in [6.07, 6.45) is -5.04. The zero-order valence-corrected chi connectivity index (χ0v) is 9.87. The first kappa shape index (κ1) is 14.3. The Kier molecular flexibility index (Phi) is 3.41. The number of hydrogen-bond acceptors (Lipinski definition) is 2. The Morgan fingerprint density at radius 1 is 1.30 bits per heavy atom. The molecule has 1 amide bonds. The van der Waals surface area contributed by atoms with Crippen molar-refractivity contribution in [2.24, 2.45) is 0 Å². The molecule has 4 nitrogen and oxygen atoms in total. The first-order chi connectivity index (χ1) is 9.18. The van der Waals surface area contributed by atoms with E-state index in [4.69, 9.17) is 5.11 Å². The van der Waals surface area contributed by atoms with Crippen molar-refractivity contribution in [3.05, 3.63) is 35.1 Å². The average Bonchev–Trinajstić information content (AvgIpc) is 2.69. The number of aliphatic carboxylic acids is 1. The first-order valence-electron chi connectivity index (χ1n) is 5.58. The van der Waals surface area contributed by atoms with Crippen molar-refractivity contribution >= 4 is 11.9 Å². The first-order valence-corrected chi connectivity index (χ1v) is 5.58. The van der Waals surface area contributed by atoms with Crippen molar-refractivity contribution in [1.82, 2.24) is 5.32 Å². The number of carbonyl (C=O) groups excluding carboxylic acids is 1. The summed E-state index contributed by atoms with van der Waals surface area (Å²) in [6, 6.07) is 0.453. The van der Waals surface area contributed by atoms with Gasteiger partial charge >= 0.3 is 12.1 Å². The molecular weight excluding hydrogens is 282 g/mol. The minimum atomic E-state index is -4.74. The molecule has 1 saturated heterocycles. The van der Waals surface area contributed by atoms with Crippen LogP contribution in [0.5, 0.6) is 0 Å². The fourth-order valence-electron chi connectivity index (χ4n) is 2.18. The van der Waals surface area contributed by atoms with Gasteiger partial charge in [0, 0.05) is 12.3 Å². The summed E-state index contributed by atoms with van der Waals surface area (Å²) in [7, 11) is 0. The average molecular weight is 291 g/mol. The van der Waals surface area contributed by atoms with Crippen LogP contribution in [0.1, 0.15) is 23.5 Å². The second kappa shape index (κ2) is 4.77. The molecule has 0 bridgehead atoms. The van der Waals surface area contributed by atoms with Gasteiger partial charge in [-0.3, -0.25) is 4.79 Å². The summed E-state index contributed by atoms with van der Waals surface area (Å²) in [5.41, 5.74) is -1.38. The van der Waals surface area contributed by atoms with E-state index >= 15 is 0 Å². The number of hydrogen-bond donors (Lipinski definition) is 2. The van der Waals surface area contributed by atoms with E-state index in [0.717, 1.165) is 6.07 Å². The number of nitrogens with one attached hydrogen (secondary N) is 1. The molecule has 0 aromatic heterocycles. The molecule has 1 aromatic carbocycles. The van der Waals surface area contributed by atoms with Gasteiger partial charge in [0.2, 0.25) is 5.91 Å². The minimum Gasteiger partial charge on any atom is -0.480 e. The third kappa shape index (κ3) is 2.73. The summed E-state index contributed by atoms with van der Waals surface area (Å²) in [5.74, 6) is -4.13. The predicted molar refractivity (Wildman–Crippen MR) is 58.3 cm³/mol. The van der Waals surface area contributed by atoms with Crippen molar-refractivity contribution in [2.75, 3.05) is 0 Å². The highest BCUT2D eigenvalue weighted by Gasteiger charge is 2.40. The summed E-state index contributed by atoms with van der Waals surface area (Å²) in [4.78, 5) is 22.2. The highest BCUT2D eigenvalue weighted by atomic mass is 19.4. The van der Waals surface area contributed by atoms with Crippen LogP contribution in [0, 0.1) is 5.82 Å². The van der Waals surface area contributed by atoms with Crippen molar-refractivity contribution in [1.29, 1.82) is 0 Å². The number of rotatable bonds is 2. The largest absolute Gasteiger partial charge is 0.480 e. The molecule has 0 spiro atoms. The maximum atomic E-state index is 13.3. The molecule has 2 rings (SSSR count). The molecule has 1 aromatic rings. The maximum absolute atomic E-state index is 13.3. The van der Waals surface area contributed by atoms with Crippen LogP contribution >= 0.6 is 0 Å². The van der Waals surface area contributed by atoms with E-state index in [9.17, 15) is 27.2 Å². The quantitative estimate of drug-likeness (QED) is 0.818. The van der Waals surface area contributed by atoms with E-state index in [1.165, 1.54) is 0 Å². The number of benzene rings is 1. The lowest BCUT2D eigenvalue weighted by Gasteiger charge is -2.17. The van der Waals surface area contributed by atoms with Crippen LogP contribution in [-0.4, -0.2) is 23.0 Å². The van der Waals surface area contributed by atoms with Crippen LogP contribution in [0.15, 0.2) is 18.2 Å². The Morgan fingerprint density at radius 2 is 1.95 bits per heavy atom. The molecule has 2 atom stereocenters. The van der Waals surface area contributed by atoms with Gasteiger partial charge in [0.05, 0.1) is 5.56 Å². The van der Waals surface area contributed by atoms with Gasteiger partial charge < -0.3 is 10.4 Å². The number of carbonyl (C=O) groups is 2. The molecule has 0 radical (unpaired) electrons. The molecule has 20 heavy (non-hydrogen) atoms. The third-order valence-corrected chi connectivity index (χ3v) is 3.07. The van der Waals surface area contributed by atoms with Gasteiger partial charge in [-0.1, -0.05) is 0 Å². The second-order valence-electron chi connectivity index (χ2n) is 4.47. The molecular formula is C12H9F4NO3. The summed E-state index contributed by atoms with van der Waals surface area (Å²) in [5, 5.41) is 11.1. The van der Waals surface area contributed by atoms with Crippen LogP contribution in [0.25, 0.3) is 0 Å². The van der Waals surface area contributed by atoms with Crippen molar-refractivity contribution in [3.8, 4) is 0 Å². The highest BCUT2D eigenvalue weighted by molar-refractivity contribution is 5.89. The molecule has 1 aliphatic heterocycles. The van der Waals surface area contributed by atoms with Crippen molar-refractivity contribution in [2.45, 2.75) is 24.6 Å². The predicted octanol–water partition coefficient (Wildman–Crippen LogP) is 1.90.